The molecule has 0 unspecified atom stereocenters. The number of thiophene rings is 1. The van der Waals surface area contributed by atoms with Crippen LogP contribution in [0.2, 0.25) is 4.34 Å². The van der Waals surface area contributed by atoms with Crippen molar-refractivity contribution < 1.29 is 27.1 Å². The van der Waals surface area contributed by atoms with Crippen molar-refractivity contribution in [2.24, 2.45) is 0 Å². The smallest absolute Gasteiger partial charge is 0.340 e. The normalized spacial score (nSPS) is 11.2. The van der Waals surface area contributed by atoms with Crippen LogP contribution in [0.4, 0.5) is 20.6 Å². The van der Waals surface area contributed by atoms with Gasteiger partial charge in [0.25, 0.3) is 15.6 Å². The first kappa shape index (κ1) is 26.1. The molecule has 0 atom stereocenters. The molecule has 0 bridgehead atoms. The number of aromatic nitrogens is 1. The Hall–Kier alpha value is -3.94. The highest BCUT2D eigenvalue weighted by Gasteiger charge is 2.22. The maximum atomic E-state index is 14.3. The Kier molecular flexibility index (Phi) is 7.21. The summed E-state index contributed by atoms with van der Waals surface area (Å²) in [4.78, 5) is 38.0. The highest BCUT2D eigenvalue weighted by atomic mass is 35.5. The van der Waals surface area contributed by atoms with Gasteiger partial charge >= 0.3 is 12.0 Å². The summed E-state index contributed by atoms with van der Waals surface area (Å²) in [6, 6.07) is 9.69. The van der Waals surface area contributed by atoms with E-state index in [1.807, 2.05) is 4.72 Å². The van der Waals surface area contributed by atoms with Crippen molar-refractivity contribution in [2.75, 3.05) is 24.8 Å². The number of carbonyl (C=O) groups is 2. The van der Waals surface area contributed by atoms with Crippen LogP contribution in [0.15, 0.2) is 63.7 Å². The van der Waals surface area contributed by atoms with E-state index in [0.29, 0.717) is 5.39 Å². The van der Waals surface area contributed by atoms with Crippen LogP contribution >= 0.6 is 22.9 Å². The average Bonchev–Trinajstić information content (AvgIpc) is 3.31. The Morgan fingerprint density at radius 1 is 1.08 bits per heavy atom. The van der Waals surface area contributed by atoms with Crippen LogP contribution in [0.5, 0.6) is 0 Å². The van der Waals surface area contributed by atoms with Crippen LogP contribution in [0.3, 0.4) is 0 Å². The number of hydrogen-bond acceptors (Lipinski definition) is 8. The second-order valence-electron chi connectivity index (χ2n) is 7.50. The van der Waals surface area contributed by atoms with Gasteiger partial charge < -0.3 is 15.4 Å². The van der Waals surface area contributed by atoms with E-state index in [4.69, 9.17) is 16.3 Å². The zero-order chi connectivity index (χ0) is 26.9. The van der Waals surface area contributed by atoms with Gasteiger partial charge in [0.1, 0.15) is 10.0 Å². The largest absolute Gasteiger partial charge is 0.465 e. The molecule has 3 N–H and O–H groups in total. The van der Waals surface area contributed by atoms with E-state index in [2.05, 4.69) is 10.6 Å². The van der Waals surface area contributed by atoms with Crippen molar-refractivity contribution >= 4 is 67.1 Å². The molecule has 10 nitrogen and oxygen atoms in total. The van der Waals surface area contributed by atoms with Gasteiger partial charge in [0.05, 0.1) is 33.8 Å². The molecule has 4 rings (SSSR count). The number of halogens is 2. The number of hydrogen-bond donors (Lipinski definition) is 3. The lowest BCUT2D eigenvalue weighted by Crippen LogP contribution is -2.34. The fourth-order valence-corrected chi connectivity index (χ4v) is 5.88. The molecule has 0 aliphatic rings. The zero-order valence-electron chi connectivity index (χ0n) is 19.2. The summed E-state index contributed by atoms with van der Waals surface area (Å²) in [5, 5.41) is 5.62. The Bertz CT molecular complexity index is 1720. The van der Waals surface area contributed by atoms with Gasteiger partial charge in [-0.3, -0.25) is 9.36 Å². The second kappa shape index (κ2) is 10.2. The fourth-order valence-electron chi connectivity index (χ4n) is 3.49. The third-order valence-corrected chi connectivity index (χ3v) is 8.29. The van der Waals surface area contributed by atoms with Crippen LogP contribution in [-0.2, 0) is 14.8 Å². The van der Waals surface area contributed by atoms with E-state index in [1.165, 1.54) is 47.2 Å². The minimum Gasteiger partial charge on any atom is -0.465 e. The van der Waals surface area contributed by atoms with Crippen LogP contribution in [0, 0.1) is 5.82 Å². The van der Waals surface area contributed by atoms with Crippen molar-refractivity contribution in [3.63, 3.8) is 0 Å². The monoisotopic (exact) mass is 564 g/mol. The van der Waals surface area contributed by atoms with Crippen molar-refractivity contribution in [2.45, 2.75) is 4.21 Å². The number of pyridine rings is 1. The number of sulfonamides is 1. The lowest BCUT2D eigenvalue weighted by atomic mass is 10.1. The summed E-state index contributed by atoms with van der Waals surface area (Å²) in [7, 11) is -1.53. The molecule has 0 saturated carbocycles. The number of methoxy groups -OCH3 is 1. The Morgan fingerprint density at radius 3 is 2.49 bits per heavy atom. The number of fused-ring (bicyclic) bond motifs is 1. The molecule has 2 aromatic heterocycles. The molecule has 2 aromatic carbocycles. The van der Waals surface area contributed by atoms with Crippen LogP contribution < -0.4 is 20.9 Å². The quantitative estimate of drug-likeness (QED) is 0.299. The zero-order valence-corrected chi connectivity index (χ0v) is 21.6. The first-order valence-electron chi connectivity index (χ1n) is 10.4. The topological polar surface area (TPSA) is 136 Å². The molecule has 0 radical (unpaired) electrons. The highest BCUT2D eigenvalue weighted by molar-refractivity contribution is 7.92. The number of nitrogens with zero attached hydrogens (tertiary/aromatic N) is 1. The average molecular weight is 565 g/mol. The number of anilines is 2. The number of esters is 1. The lowest BCUT2D eigenvalue weighted by molar-refractivity contribution is 0.0602. The number of ether oxygens (including phenoxy) is 1. The Morgan fingerprint density at radius 2 is 1.84 bits per heavy atom. The maximum absolute atomic E-state index is 14.3. The molecule has 2 amide bonds. The standard InChI is InChI=1S/C23H18ClFN4O6S2/c1-26-18-9-12-7-8-29(21(30)14(12)11-16(18)25)13-3-4-17(15(10-13)22(31)35-2)27-23(32)28-37(33,34)20-6-5-19(24)36-20/h3-11,26H,1-2H3,(H2,27,28,32). The molecule has 0 spiro atoms. The van der Waals surface area contributed by atoms with Gasteiger partial charge in [-0.05, 0) is 53.9 Å². The number of nitrogens with one attached hydrogen (secondary N) is 3. The molecule has 4 aromatic rings. The third-order valence-electron chi connectivity index (χ3n) is 5.24. The third kappa shape index (κ3) is 5.28. The van der Waals surface area contributed by atoms with Gasteiger partial charge in [0, 0.05) is 18.9 Å². The molecule has 0 saturated heterocycles. The van der Waals surface area contributed by atoms with Crippen molar-refractivity contribution in [3.05, 3.63) is 80.8 Å². The van der Waals surface area contributed by atoms with Crippen molar-refractivity contribution in [1.82, 2.24) is 9.29 Å². The molecular formula is C23H18ClFN4O6S2. The first-order chi connectivity index (χ1) is 17.5. The van der Waals surface area contributed by atoms with E-state index < -0.39 is 33.4 Å². The number of carbonyl (C=O) groups excluding carboxylic acids is 2. The summed E-state index contributed by atoms with van der Waals surface area (Å²) in [5.41, 5.74) is -0.330. The minimum atomic E-state index is -4.21. The summed E-state index contributed by atoms with van der Waals surface area (Å²) < 4.78 is 46.9. The molecular weight excluding hydrogens is 547 g/mol. The van der Waals surface area contributed by atoms with Crippen LogP contribution in [0.1, 0.15) is 10.4 Å². The molecule has 192 valence electrons. The van der Waals surface area contributed by atoms with E-state index >= 15 is 0 Å². The number of urea groups is 1. The van der Waals surface area contributed by atoms with E-state index in [9.17, 15) is 27.2 Å². The van der Waals surface area contributed by atoms with E-state index in [0.717, 1.165) is 24.5 Å². The molecule has 37 heavy (non-hydrogen) atoms. The predicted octanol–water partition coefficient (Wildman–Crippen LogP) is 4.18. The molecule has 0 aliphatic heterocycles. The Balaban J connectivity index is 1.69. The summed E-state index contributed by atoms with van der Waals surface area (Å²) >= 11 is 6.52. The van der Waals surface area contributed by atoms with Crippen LogP contribution in [0.25, 0.3) is 16.5 Å². The molecule has 14 heteroatoms. The van der Waals surface area contributed by atoms with Gasteiger partial charge in [-0.15, -0.1) is 11.3 Å². The van der Waals surface area contributed by atoms with E-state index in [-0.39, 0.29) is 36.6 Å². The first-order valence-corrected chi connectivity index (χ1v) is 13.1. The molecule has 0 aliphatic carbocycles. The predicted molar refractivity (Wildman–Crippen MR) is 139 cm³/mol. The summed E-state index contributed by atoms with van der Waals surface area (Å²) in [6.45, 7) is 0. The van der Waals surface area contributed by atoms with Gasteiger partial charge in [-0.1, -0.05) is 11.6 Å². The highest BCUT2D eigenvalue weighted by Crippen LogP contribution is 2.26. The maximum Gasteiger partial charge on any atom is 0.340 e. The second-order valence-corrected chi connectivity index (χ2v) is 11.1. The summed E-state index contributed by atoms with van der Waals surface area (Å²) in [5.74, 6) is -1.46. The van der Waals surface area contributed by atoms with Crippen molar-refractivity contribution in [1.29, 1.82) is 0 Å². The van der Waals surface area contributed by atoms with Gasteiger partial charge in [0.2, 0.25) is 0 Å². The molecule has 2 heterocycles. The number of benzene rings is 2. The van der Waals surface area contributed by atoms with Gasteiger partial charge in [-0.25, -0.2) is 27.1 Å². The van der Waals surface area contributed by atoms with Gasteiger partial charge in [-0.2, -0.15) is 0 Å². The Labute approximate surface area is 218 Å². The lowest BCUT2D eigenvalue weighted by Gasteiger charge is -2.14. The van der Waals surface area contributed by atoms with Gasteiger partial charge in [0.15, 0.2) is 0 Å². The number of amides is 2. The minimum absolute atomic E-state index is 0.0777. The molecule has 0 fully saturated rings. The van der Waals surface area contributed by atoms with E-state index in [1.54, 1.807) is 13.1 Å². The SMILES string of the molecule is CNc1cc2ccn(-c3ccc(NC(=O)NS(=O)(=O)c4ccc(Cl)s4)c(C(=O)OC)c3)c(=O)c2cc1F. The number of rotatable bonds is 6. The summed E-state index contributed by atoms with van der Waals surface area (Å²) in [6.07, 6.45) is 1.46. The van der Waals surface area contributed by atoms with Crippen LogP contribution in [-0.4, -0.2) is 39.1 Å². The van der Waals surface area contributed by atoms with Crippen molar-refractivity contribution in [3.8, 4) is 5.69 Å². The fraction of sp³-hybridized carbons (Fsp3) is 0.0870.